The summed E-state index contributed by atoms with van der Waals surface area (Å²) in [6.45, 7) is 1.07. The van der Waals surface area contributed by atoms with Crippen LogP contribution in [-0.4, -0.2) is 36.2 Å². The number of fused-ring (bicyclic) bond motifs is 1. The smallest absolute Gasteiger partial charge is 0.269 e. The van der Waals surface area contributed by atoms with Gasteiger partial charge < -0.3 is 19.4 Å². The number of carbonyl (C=O) groups is 1. The highest BCUT2D eigenvalue weighted by Crippen LogP contribution is 2.32. The van der Waals surface area contributed by atoms with E-state index in [0.29, 0.717) is 35.9 Å². The first-order valence-electron chi connectivity index (χ1n) is 10.9. The van der Waals surface area contributed by atoms with Crippen LogP contribution in [-0.2, 0) is 12.3 Å². The SMILES string of the molecule is COc1ccc(C(=O)NCCn2cc(SCc3ccc([N+](=O)[O-])cc3)c3ccccc32)cc1OC. The van der Waals surface area contributed by atoms with Gasteiger partial charge >= 0.3 is 0 Å². The summed E-state index contributed by atoms with van der Waals surface area (Å²) in [5.41, 5.74) is 2.68. The van der Waals surface area contributed by atoms with Gasteiger partial charge in [0.25, 0.3) is 11.6 Å². The minimum absolute atomic E-state index is 0.0884. The average molecular weight is 492 g/mol. The summed E-state index contributed by atoms with van der Waals surface area (Å²) in [4.78, 5) is 24.2. The first-order valence-corrected chi connectivity index (χ1v) is 11.9. The lowest BCUT2D eigenvalue weighted by Gasteiger charge is -2.10. The number of benzene rings is 3. The van der Waals surface area contributed by atoms with E-state index in [2.05, 4.69) is 28.2 Å². The minimum atomic E-state index is -0.394. The van der Waals surface area contributed by atoms with Crippen molar-refractivity contribution in [2.75, 3.05) is 20.8 Å². The molecular formula is C26H25N3O5S. The van der Waals surface area contributed by atoms with Gasteiger partial charge in [-0.05, 0) is 29.8 Å². The first kappa shape index (κ1) is 24.2. The number of nitro benzene ring substituents is 1. The molecule has 0 saturated carbocycles. The maximum atomic E-state index is 12.6. The average Bonchev–Trinajstić information content (AvgIpc) is 3.24. The van der Waals surface area contributed by atoms with Crippen molar-refractivity contribution in [1.82, 2.24) is 9.88 Å². The van der Waals surface area contributed by atoms with Gasteiger partial charge in [-0.2, -0.15) is 0 Å². The maximum absolute atomic E-state index is 12.6. The van der Waals surface area contributed by atoms with Gasteiger partial charge in [-0.1, -0.05) is 30.3 Å². The van der Waals surface area contributed by atoms with Crippen molar-refractivity contribution in [3.8, 4) is 11.5 Å². The molecule has 0 aliphatic heterocycles. The predicted molar refractivity (Wildman–Crippen MR) is 136 cm³/mol. The number of hydrogen-bond donors (Lipinski definition) is 1. The van der Waals surface area contributed by atoms with E-state index >= 15 is 0 Å². The van der Waals surface area contributed by atoms with Crippen molar-refractivity contribution in [2.45, 2.75) is 17.2 Å². The van der Waals surface area contributed by atoms with Crippen LogP contribution < -0.4 is 14.8 Å². The summed E-state index contributed by atoms with van der Waals surface area (Å²) < 4.78 is 12.6. The van der Waals surface area contributed by atoms with Gasteiger partial charge in [0.05, 0.1) is 19.1 Å². The number of para-hydroxylation sites is 1. The number of carbonyl (C=O) groups excluding carboxylic acids is 1. The Kier molecular flexibility index (Phi) is 7.57. The van der Waals surface area contributed by atoms with Gasteiger partial charge in [-0.15, -0.1) is 11.8 Å². The van der Waals surface area contributed by atoms with Gasteiger partial charge in [0.1, 0.15) is 0 Å². The van der Waals surface area contributed by atoms with Crippen LogP contribution in [0.1, 0.15) is 15.9 Å². The third kappa shape index (κ3) is 5.58. The molecule has 1 amide bonds. The molecule has 0 aliphatic rings. The number of hydrogen-bond acceptors (Lipinski definition) is 6. The Morgan fingerprint density at radius 3 is 2.49 bits per heavy atom. The monoisotopic (exact) mass is 491 g/mol. The Morgan fingerprint density at radius 2 is 1.77 bits per heavy atom. The highest BCUT2D eigenvalue weighted by Gasteiger charge is 2.12. The van der Waals surface area contributed by atoms with E-state index in [1.807, 2.05) is 12.1 Å². The summed E-state index contributed by atoms with van der Waals surface area (Å²) in [5, 5.41) is 15.0. The number of methoxy groups -OCH3 is 2. The molecule has 4 rings (SSSR count). The van der Waals surface area contributed by atoms with Crippen LogP contribution in [0, 0.1) is 10.1 Å². The van der Waals surface area contributed by atoms with Crippen molar-refractivity contribution in [3.63, 3.8) is 0 Å². The quantitative estimate of drug-likeness (QED) is 0.184. The van der Waals surface area contributed by atoms with Gasteiger partial charge in [-0.3, -0.25) is 14.9 Å². The normalized spacial score (nSPS) is 10.8. The fourth-order valence-corrected chi connectivity index (χ4v) is 4.80. The number of nitrogens with one attached hydrogen (secondary N) is 1. The van der Waals surface area contributed by atoms with Crippen LogP contribution in [0.15, 0.2) is 77.8 Å². The van der Waals surface area contributed by atoms with Crippen molar-refractivity contribution in [2.24, 2.45) is 0 Å². The highest BCUT2D eigenvalue weighted by atomic mass is 32.2. The number of ether oxygens (including phenoxy) is 2. The van der Waals surface area contributed by atoms with E-state index in [1.54, 1.807) is 49.2 Å². The molecule has 0 bridgehead atoms. The van der Waals surface area contributed by atoms with Crippen LogP contribution in [0.2, 0.25) is 0 Å². The third-order valence-electron chi connectivity index (χ3n) is 5.58. The molecule has 8 nitrogen and oxygen atoms in total. The molecule has 35 heavy (non-hydrogen) atoms. The van der Waals surface area contributed by atoms with E-state index in [4.69, 9.17) is 9.47 Å². The van der Waals surface area contributed by atoms with E-state index in [9.17, 15) is 14.9 Å². The Hall–Kier alpha value is -3.98. The standard InChI is InChI=1S/C26H25N3O5S/c1-33-23-12-9-19(15-24(23)34-2)26(30)27-13-14-28-16-25(21-5-3-4-6-22(21)28)35-17-18-7-10-20(11-8-18)29(31)32/h3-12,15-16H,13-14,17H2,1-2H3,(H,27,30). The Bertz CT molecular complexity index is 1350. The molecule has 0 atom stereocenters. The Morgan fingerprint density at radius 1 is 1.03 bits per heavy atom. The number of nitro groups is 1. The maximum Gasteiger partial charge on any atom is 0.269 e. The number of thioether (sulfide) groups is 1. The van der Waals surface area contributed by atoms with E-state index in [-0.39, 0.29) is 11.6 Å². The lowest BCUT2D eigenvalue weighted by Crippen LogP contribution is -2.27. The van der Waals surface area contributed by atoms with Crippen LogP contribution in [0.4, 0.5) is 5.69 Å². The minimum Gasteiger partial charge on any atom is -0.493 e. The van der Waals surface area contributed by atoms with E-state index < -0.39 is 4.92 Å². The highest BCUT2D eigenvalue weighted by molar-refractivity contribution is 7.98. The molecule has 4 aromatic rings. The van der Waals surface area contributed by atoms with Gasteiger partial charge in [0, 0.05) is 58.5 Å². The second-order valence-electron chi connectivity index (χ2n) is 7.74. The van der Waals surface area contributed by atoms with Crippen LogP contribution >= 0.6 is 11.8 Å². The van der Waals surface area contributed by atoms with Crippen molar-refractivity contribution in [3.05, 3.63) is 94.2 Å². The third-order valence-corrected chi connectivity index (χ3v) is 6.69. The molecule has 0 fully saturated rings. The second-order valence-corrected chi connectivity index (χ2v) is 8.76. The molecule has 9 heteroatoms. The fourth-order valence-electron chi connectivity index (χ4n) is 3.76. The molecular weight excluding hydrogens is 466 g/mol. The molecule has 3 aromatic carbocycles. The molecule has 180 valence electrons. The van der Waals surface area contributed by atoms with Crippen LogP contribution in [0.5, 0.6) is 11.5 Å². The Balaban J connectivity index is 1.42. The molecule has 0 radical (unpaired) electrons. The summed E-state index contributed by atoms with van der Waals surface area (Å²) in [7, 11) is 3.09. The number of nitrogens with zero attached hydrogens (tertiary/aromatic N) is 2. The zero-order chi connectivity index (χ0) is 24.8. The number of amides is 1. The zero-order valence-electron chi connectivity index (χ0n) is 19.4. The van der Waals surface area contributed by atoms with Crippen molar-refractivity contribution < 1.29 is 19.2 Å². The Labute approximate surface area is 207 Å². The van der Waals surface area contributed by atoms with E-state index in [0.717, 1.165) is 21.4 Å². The van der Waals surface area contributed by atoms with Crippen LogP contribution in [0.25, 0.3) is 10.9 Å². The summed E-state index contributed by atoms with van der Waals surface area (Å²) in [6.07, 6.45) is 2.09. The van der Waals surface area contributed by atoms with Crippen LogP contribution in [0.3, 0.4) is 0 Å². The van der Waals surface area contributed by atoms with Gasteiger partial charge in [0.2, 0.25) is 0 Å². The first-order chi connectivity index (χ1) is 17.0. The van der Waals surface area contributed by atoms with Gasteiger partial charge in [-0.25, -0.2) is 0 Å². The molecule has 1 N–H and O–H groups in total. The number of aromatic nitrogens is 1. The summed E-state index contributed by atoms with van der Waals surface area (Å²) in [5.74, 6) is 1.59. The topological polar surface area (TPSA) is 95.6 Å². The zero-order valence-corrected chi connectivity index (χ0v) is 20.2. The second kappa shape index (κ2) is 11.0. The summed E-state index contributed by atoms with van der Waals surface area (Å²) in [6, 6.07) is 19.8. The number of non-ortho nitro benzene ring substituents is 1. The molecule has 1 heterocycles. The largest absolute Gasteiger partial charge is 0.493 e. The molecule has 0 saturated heterocycles. The summed E-state index contributed by atoms with van der Waals surface area (Å²) >= 11 is 1.68. The van der Waals surface area contributed by atoms with Crippen molar-refractivity contribution >= 4 is 34.3 Å². The molecule has 0 spiro atoms. The lowest BCUT2D eigenvalue weighted by molar-refractivity contribution is -0.384. The fraction of sp³-hybridized carbons (Fsp3) is 0.192. The van der Waals surface area contributed by atoms with Gasteiger partial charge in [0.15, 0.2) is 11.5 Å². The van der Waals surface area contributed by atoms with E-state index in [1.165, 1.54) is 19.2 Å². The predicted octanol–water partition coefficient (Wildman–Crippen LogP) is 5.29. The van der Waals surface area contributed by atoms with Crippen molar-refractivity contribution in [1.29, 1.82) is 0 Å². The molecule has 1 aromatic heterocycles. The lowest BCUT2D eigenvalue weighted by atomic mass is 10.2. The number of rotatable bonds is 10. The molecule has 0 aliphatic carbocycles. The molecule has 0 unspecified atom stereocenters.